The average molecular weight is 378 g/mol. The van der Waals surface area contributed by atoms with Crippen molar-refractivity contribution in [3.63, 3.8) is 0 Å². The van der Waals surface area contributed by atoms with Crippen molar-refractivity contribution in [1.82, 2.24) is 4.90 Å². The average Bonchev–Trinajstić information content (AvgIpc) is 3.16. The molecule has 2 nitrogen and oxygen atoms in total. The molecule has 1 aliphatic rings. The SMILES string of the molecule is CCCCCN1CC[C@H](c2ccsc2)[C@@H](COc2ccc(Cl)cc2)C1. The minimum atomic E-state index is 0.542. The minimum Gasteiger partial charge on any atom is -0.493 e. The van der Waals surface area contributed by atoms with E-state index in [2.05, 4.69) is 28.7 Å². The molecule has 0 bridgehead atoms. The van der Waals surface area contributed by atoms with Crippen molar-refractivity contribution in [3.05, 3.63) is 51.7 Å². The smallest absolute Gasteiger partial charge is 0.119 e. The molecular formula is C21H28ClNOS. The molecule has 0 aliphatic carbocycles. The molecule has 0 saturated carbocycles. The van der Waals surface area contributed by atoms with Crippen molar-refractivity contribution in [2.45, 2.75) is 38.5 Å². The maximum atomic E-state index is 6.12. The Balaban J connectivity index is 1.62. The number of hydrogen-bond acceptors (Lipinski definition) is 3. The van der Waals surface area contributed by atoms with Crippen LogP contribution >= 0.6 is 22.9 Å². The second-order valence-corrected chi connectivity index (χ2v) is 8.20. The minimum absolute atomic E-state index is 0.542. The summed E-state index contributed by atoms with van der Waals surface area (Å²) in [5.41, 5.74) is 1.49. The van der Waals surface area contributed by atoms with E-state index in [9.17, 15) is 0 Å². The molecule has 2 atom stereocenters. The molecule has 0 N–H and O–H groups in total. The molecule has 1 aliphatic heterocycles. The van der Waals surface area contributed by atoms with Crippen LogP contribution in [0.1, 0.15) is 44.1 Å². The van der Waals surface area contributed by atoms with E-state index in [4.69, 9.17) is 16.3 Å². The van der Waals surface area contributed by atoms with Crippen molar-refractivity contribution in [1.29, 1.82) is 0 Å². The van der Waals surface area contributed by atoms with E-state index < -0.39 is 0 Å². The van der Waals surface area contributed by atoms with Crippen LogP contribution in [0.2, 0.25) is 5.02 Å². The first-order valence-electron chi connectivity index (χ1n) is 9.39. The fourth-order valence-corrected chi connectivity index (χ4v) is 4.57. The predicted molar refractivity (Wildman–Crippen MR) is 108 cm³/mol. The van der Waals surface area contributed by atoms with Gasteiger partial charge in [0, 0.05) is 17.5 Å². The molecule has 0 unspecified atom stereocenters. The third-order valence-corrected chi connectivity index (χ3v) is 6.10. The largest absolute Gasteiger partial charge is 0.493 e. The number of halogens is 1. The van der Waals surface area contributed by atoms with E-state index in [1.54, 1.807) is 11.3 Å². The van der Waals surface area contributed by atoms with Gasteiger partial charge in [0.25, 0.3) is 0 Å². The first-order valence-corrected chi connectivity index (χ1v) is 10.7. The Labute approximate surface area is 160 Å². The molecule has 2 heterocycles. The first-order chi connectivity index (χ1) is 12.3. The van der Waals surface area contributed by atoms with E-state index >= 15 is 0 Å². The van der Waals surface area contributed by atoms with Gasteiger partial charge in [0.1, 0.15) is 5.75 Å². The first kappa shape index (κ1) is 18.8. The highest BCUT2D eigenvalue weighted by molar-refractivity contribution is 7.08. The fourth-order valence-electron chi connectivity index (χ4n) is 3.72. The van der Waals surface area contributed by atoms with Gasteiger partial charge in [0.05, 0.1) is 6.61 Å². The Morgan fingerprint density at radius 3 is 2.76 bits per heavy atom. The maximum Gasteiger partial charge on any atom is 0.119 e. The van der Waals surface area contributed by atoms with E-state index in [-0.39, 0.29) is 0 Å². The van der Waals surface area contributed by atoms with Crippen LogP contribution in [-0.4, -0.2) is 31.1 Å². The second kappa shape index (κ2) is 9.61. The van der Waals surface area contributed by atoms with Gasteiger partial charge in [-0.2, -0.15) is 11.3 Å². The molecule has 25 heavy (non-hydrogen) atoms. The van der Waals surface area contributed by atoms with Gasteiger partial charge in [-0.15, -0.1) is 0 Å². The molecule has 0 radical (unpaired) electrons. The van der Waals surface area contributed by atoms with Crippen LogP contribution in [0.25, 0.3) is 0 Å². The summed E-state index contributed by atoms with van der Waals surface area (Å²) in [7, 11) is 0. The predicted octanol–water partition coefficient (Wildman–Crippen LogP) is 6.08. The Morgan fingerprint density at radius 2 is 2.04 bits per heavy atom. The number of likely N-dealkylation sites (tertiary alicyclic amines) is 1. The highest BCUT2D eigenvalue weighted by Crippen LogP contribution is 2.35. The Kier molecular flexibility index (Phi) is 7.21. The van der Waals surface area contributed by atoms with Crippen LogP contribution in [0.5, 0.6) is 5.75 Å². The van der Waals surface area contributed by atoms with Gasteiger partial charge in [-0.3, -0.25) is 0 Å². The number of thiophene rings is 1. The number of rotatable bonds is 8. The summed E-state index contributed by atoms with van der Waals surface area (Å²) < 4.78 is 6.12. The van der Waals surface area contributed by atoms with Gasteiger partial charge in [-0.25, -0.2) is 0 Å². The Hall–Kier alpha value is -1.03. The quantitative estimate of drug-likeness (QED) is 0.517. The zero-order valence-electron chi connectivity index (χ0n) is 15.0. The lowest BCUT2D eigenvalue weighted by Gasteiger charge is -2.38. The molecule has 1 aromatic carbocycles. The Bertz CT molecular complexity index is 613. The van der Waals surface area contributed by atoms with Crippen molar-refractivity contribution in [2.75, 3.05) is 26.2 Å². The molecule has 136 valence electrons. The van der Waals surface area contributed by atoms with Gasteiger partial charge >= 0.3 is 0 Å². The van der Waals surface area contributed by atoms with Gasteiger partial charge in [-0.1, -0.05) is 31.4 Å². The van der Waals surface area contributed by atoms with Crippen LogP contribution in [0.15, 0.2) is 41.1 Å². The molecule has 0 amide bonds. The lowest BCUT2D eigenvalue weighted by molar-refractivity contribution is 0.110. The number of piperidine rings is 1. The number of ether oxygens (including phenoxy) is 1. The van der Waals surface area contributed by atoms with E-state index in [0.717, 1.165) is 23.9 Å². The number of nitrogens with zero attached hydrogens (tertiary/aromatic N) is 1. The zero-order valence-corrected chi connectivity index (χ0v) is 16.6. The highest BCUT2D eigenvalue weighted by atomic mass is 35.5. The monoisotopic (exact) mass is 377 g/mol. The zero-order chi connectivity index (χ0) is 17.5. The molecule has 0 spiro atoms. The third kappa shape index (κ3) is 5.47. The van der Waals surface area contributed by atoms with Crippen LogP contribution in [-0.2, 0) is 0 Å². The molecule has 1 fully saturated rings. The molecule has 2 aromatic rings. The summed E-state index contributed by atoms with van der Waals surface area (Å²) in [6.45, 7) is 6.61. The van der Waals surface area contributed by atoms with Gasteiger partial charge < -0.3 is 9.64 Å². The summed E-state index contributed by atoms with van der Waals surface area (Å²) in [6, 6.07) is 10.0. The molecule has 1 saturated heterocycles. The van der Waals surface area contributed by atoms with Crippen LogP contribution < -0.4 is 4.74 Å². The van der Waals surface area contributed by atoms with E-state index in [1.807, 2.05) is 24.3 Å². The fraction of sp³-hybridized carbons (Fsp3) is 0.524. The van der Waals surface area contributed by atoms with Crippen molar-refractivity contribution >= 4 is 22.9 Å². The summed E-state index contributed by atoms with van der Waals surface area (Å²) in [5.74, 6) is 2.07. The summed E-state index contributed by atoms with van der Waals surface area (Å²) >= 11 is 7.77. The Morgan fingerprint density at radius 1 is 1.20 bits per heavy atom. The molecule has 3 rings (SSSR count). The van der Waals surface area contributed by atoms with Crippen molar-refractivity contribution < 1.29 is 4.74 Å². The number of benzene rings is 1. The lowest BCUT2D eigenvalue weighted by atomic mass is 9.82. The van der Waals surface area contributed by atoms with E-state index in [1.165, 1.54) is 44.3 Å². The number of unbranched alkanes of at least 4 members (excludes halogenated alkanes) is 2. The second-order valence-electron chi connectivity index (χ2n) is 6.98. The van der Waals surface area contributed by atoms with Crippen molar-refractivity contribution in [3.8, 4) is 5.75 Å². The molecule has 4 heteroatoms. The van der Waals surface area contributed by atoms with Crippen molar-refractivity contribution in [2.24, 2.45) is 5.92 Å². The van der Waals surface area contributed by atoms with Gasteiger partial charge in [0.2, 0.25) is 0 Å². The van der Waals surface area contributed by atoms with Gasteiger partial charge in [0.15, 0.2) is 0 Å². The van der Waals surface area contributed by atoms with Gasteiger partial charge in [-0.05, 0) is 78.5 Å². The van der Waals surface area contributed by atoms with Crippen LogP contribution in [0.4, 0.5) is 0 Å². The van der Waals surface area contributed by atoms with E-state index in [0.29, 0.717) is 11.8 Å². The highest BCUT2D eigenvalue weighted by Gasteiger charge is 2.31. The topological polar surface area (TPSA) is 12.5 Å². The van der Waals surface area contributed by atoms with Crippen LogP contribution in [0.3, 0.4) is 0 Å². The molecule has 1 aromatic heterocycles. The lowest BCUT2D eigenvalue weighted by Crippen LogP contribution is -2.42. The summed E-state index contributed by atoms with van der Waals surface area (Å²) in [5, 5.41) is 5.26. The summed E-state index contributed by atoms with van der Waals surface area (Å²) in [6.07, 6.45) is 5.16. The standard InChI is InChI=1S/C21H28ClNOS/c1-2-3-4-11-23-12-9-21(17-10-13-25-16-17)18(14-23)15-24-20-7-5-19(22)6-8-20/h5-8,10,13,16,18,21H,2-4,9,11-12,14-15H2,1H3/t18-,21-/m1/s1. The number of hydrogen-bond donors (Lipinski definition) is 0. The normalized spacial score (nSPS) is 21.4. The van der Waals surface area contributed by atoms with Crippen LogP contribution in [0, 0.1) is 5.92 Å². The third-order valence-electron chi connectivity index (χ3n) is 5.15. The molecular weight excluding hydrogens is 350 g/mol. The maximum absolute atomic E-state index is 6.12. The summed E-state index contributed by atoms with van der Waals surface area (Å²) in [4.78, 5) is 2.63.